The second-order valence-corrected chi connectivity index (χ2v) is 4.57. The van der Waals surface area contributed by atoms with Crippen LogP contribution in [0.1, 0.15) is 29.8 Å². The van der Waals surface area contributed by atoms with E-state index in [1.54, 1.807) is 38.1 Å². The second kappa shape index (κ2) is 6.55. The van der Waals surface area contributed by atoms with Gasteiger partial charge in [-0.05, 0) is 23.6 Å². The molecule has 5 heteroatoms. The van der Waals surface area contributed by atoms with Crippen LogP contribution in [0.2, 0.25) is 0 Å². The first-order valence-corrected chi connectivity index (χ1v) is 5.95. The molecule has 0 fully saturated rings. The normalized spacial score (nSPS) is 11.7. The fourth-order valence-electron chi connectivity index (χ4n) is 1.60. The third kappa shape index (κ3) is 4.11. The van der Waals surface area contributed by atoms with Gasteiger partial charge in [0, 0.05) is 5.56 Å². The molecule has 0 heterocycles. The summed E-state index contributed by atoms with van der Waals surface area (Å²) in [5, 5.41) is 20.0. The number of carbonyl (C=O) groups is 2. The number of carbonyl (C=O) groups excluding carboxylic acids is 1. The maximum Gasteiger partial charge on any atom is 0.326 e. The zero-order chi connectivity index (χ0) is 14.4. The first-order valence-electron chi connectivity index (χ1n) is 5.95. The van der Waals surface area contributed by atoms with Crippen molar-refractivity contribution in [1.82, 2.24) is 5.32 Å². The van der Waals surface area contributed by atoms with Crippen LogP contribution in [0.4, 0.5) is 0 Å². The van der Waals surface area contributed by atoms with Crippen LogP contribution in [-0.4, -0.2) is 23.0 Å². The van der Waals surface area contributed by atoms with Crippen LogP contribution in [0.25, 0.3) is 0 Å². The maximum absolute atomic E-state index is 11.9. The van der Waals surface area contributed by atoms with Crippen LogP contribution in [0.5, 0.6) is 0 Å². The summed E-state index contributed by atoms with van der Waals surface area (Å²) < 4.78 is 0. The number of amides is 1. The number of carboxylic acids is 1. The highest BCUT2D eigenvalue weighted by Crippen LogP contribution is 2.07. The average molecular weight is 260 g/mol. The first kappa shape index (κ1) is 14.7. The highest BCUT2D eigenvalue weighted by Gasteiger charge is 2.23. The fraction of sp³-hybridized carbons (Fsp3) is 0.357. The Bertz CT molecular complexity index is 500. The van der Waals surface area contributed by atoms with Gasteiger partial charge in [-0.3, -0.25) is 4.79 Å². The van der Waals surface area contributed by atoms with Crippen molar-refractivity contribution < 1.29 is 14.7 Å². The minimum absolute atomic E-state index is 0.195. The van der Waals surface area contributed by atoms with E-state index in [9.17, 15) is 9.59 Å². The monoisotopic (exact) mass is 260 g/mol. The number of nitrogens with one attached hydrogen (secondary N) is 1. The van der Waals surface area contributed by atoms with Gasteiger partial charge in [-0.15, -0.1) is 0 Å². The minimum Gasteiger partial charge on any atom is -0.480 e. The Morgan fingerprint density at radius 3 is 2.32 bits per heavy atom. The lowest BCUT2D eigenvalue weighted by Crippen LogP contribution is -2.44. The average Bonchev–Trinajstić information content (AvgIpc) is 2.36. The van der Waals surface area contributed by atoms with Gasteiger partial charge < -0.3 is 10.4 Å². The Morgan fingerprint density at radius 2 is 1.89 bits per heavy atom. The van der Waals surface area contributed by atoms with E-state index in [4.69, 9.17) is 10.4 Å². The lowest BCUT2D eigenvalue weighted by Gasteiger charge is -2.17. The van der Waals surface area contributed by atoms with E-state index < -0.39 is 17.9 Å². The van der Waals surface area contributed by atoms with E-state index in [1.807, 2.05) is 6.07 Å². The van der Waals surface area contributed by atoms with Crippen molar-refractivity contribution >= 4 is 11.9 Å². The van der Waals surface area contributed by atoms with Crippen molar-refractivity contribution in [1.29, 1.82) is 5.26 Å². The number of hydrogen-bond acceptors (Lipinski definition) is 3. The van der Waals surface area contributed by atoms with Gasteiger partial charge in [0.25, 0.3) is 5.91 Å². The number of nitrogens with zero attached hydrogens (tertiary/aromatic N) is 1. The van der Waals surface area contributed by atoms with Crippen LogP contribution < -0.4 is 5.32 Å². The topological polar surface area (TPSA) is 90.2 Å². The van der Waals surface area contributed by atoms with E-state index in [2.05, 4.69) is 5.32 Å². The van der Waals surface area contributed by atoms with Gasteiger partial charge in [-0.2, -0.15) is 5.26 Å². The number of hydrogen-bond donors (Lipinski definition) is 2. The smallest absolute Gasteiger partial charge is 0.326 e. The predicted molar refractivity (Wildman–Crippen MR) is 69.5 cm³/mol. The van der Waals surface area contributed by atoms with Crippen molar-refractivity contribution in [2.75, 3.05) is 0 Å². The molecular formula is C14H16N2O3. The summed E-state index contributed by atoms with van der Waals surface area (Å²) in [6.07, 6.45) is 0.283. The maximum atomic E-state index is 11.9. The fourth-order valence-corrected chi connectivity index (χ4v) is 1.60. The molecule has 1 unspecified atom stereocenters. The molecule has 19 heavy (non-hydrogen) atoms. The SMILES string of the molecule is CC(C)C(NC(=O)c1ccc(CC#N)cc1)C(=O)O. The molecule has 100 valence electrons. The first-order chi connectivity index (χ1) is 8.95. The Kier molecular flexibility index (Phi) is 5.07. The highest BCUT2D eigenvalue weighted by molar-refractivity contribution is 5.96. The van der Waals surface area contributed by atoms with Crippen molar-refractivity contribution in [2.45, 2.75) is 26.3 Å². The molecule has 1 rings (SSSR count). The molecule has 0 saturated heterocycles. The number of carboxylic acid groups (broad SMARTS) is 1. The Labute approximate surface area is 111 Å². The summed E-state index contributed by atoms with van der Waals surface area (Å²) in [5.41, 5.74) is 1.20. The van der Waals surface area contributed by atoms with Crippen molar-refractivity contribution in [3.8, 4) is 6.07 Å². The summed E-state index contributed by atoms with van der Waals surface area (Å²) in [6, 6.07) is 7.64. The lowest BCUT2D eigenvalue weighted by molar-refractivity contribution is -0.140. The van der Waals surface area contributed by atoms with E-state index >= 15 is 0 Å². The van der Waals surface area contributed by atoms with E-state index in [0.29, 0.717) is 5.56 Å². The highest BCUT2D eigenvalue weighted by atomic mass is 16.4. The largest absolute Gasteiger partial charge is 0.480 e. The molecule has 0 aromatic heterocycles. The van der Waals surface area contributed by atoms with Crippen LogP contribution in [0.3, 0.4) is 0 Å². The van der Waals surface area contributed by atoms with Crippen LogP contribution in [0.15, 0.2) is 24.3 Å². The van der Waals surface area contributed by atoms with Gasteiger partial charge in [-0.25, -0.2) is 4.79 Å². The predicted octanol–water partition coefficient (Wildman–Crippen LogP) is 1.59. The Hall–Kier alpha value is -2.35. The third-order valence-corrected chi connectivity index (χ3v) is 2.72. The van der Waals surface area contributed by atoms with Gasteiger partial charge >= 0.3 is 5.97 Å². The molecule has 0 spiro atoms. The Balaban J connectivity index is 2.77. The molecule has 2 N–H and O–H groups in total. The quantitative estimate of drug-likeness (QED) is 0.841. The van der Waals surface area contributed by atoms with Gasteiger partial charge in [0.1, 0.15) is 6.04 Å². The standard InChI is InChI=1S/C14H16N2O3/c1-9(2)12(14(18)19)16-13(17)11-5-3-10(4-6-11)7-8-15/h3-6,9,12H,7H2,1-2H3,(H,16,17)(H,18,19). The summed E-state index contributed by atoms with van der Waals surface area (Å²) in [7, 11) is 0. The third-order valence-electron chi connectivity index (χ3n) is 2.72. The van der Waals surface area contributed by atoms with Crippen LogP contribution in [-0.2, 0) is 11.2 Å². The van der Waals surface area contributed by atoms with E-state index in [1.165, 1.54) is 0 Å². The molecule has 1 amide bonds. The molecule has 0 aliphatic heterocycles. The molecule has 0 bridgehead atoms. The molecule has 5 nitrogen and oxygen atoms in total. The summed E-state index contributed by atoms with van der Waals surface area (Å²) in [6.45, 7) is 3.46. The lowest BCUT2D eigenvalue weighted by atomic mass is 10.0. The molecule has 0 aliphatic rings. The second-order valence-electron chi connectivity index (χ2n) is 4.57. The molecule has 1 aromatic rings. The van der Waals surface area contributed by atoms with Crippen LogP contribution >= 0.6 is 0 Å². The van der Waals surface area contributed by atoms with Gasteiger partial charge in [0.15, 0.2) is 0 Å². The molecule has 1 aromatic carbocycles. The number of nitriles is 1. The zero-order valence-electron chi connectivity index (χ0n) is 10.9. The van der Waals surface area contributed by atoms with Gasteiger partial charge in [0.05, 0.1) is 12.5 Å². The van der Waals surface area contributed by atoms with Crippen molar-refractivity contribution in [2.24, 2.45) is 5.92 Å². The molecule has 1 atom stereocenters. The molecule has 0 aliphatic carbocycles. The number of rotatable bonds is 5. The summed E-state index contributed by atoms with van der Waals surface area (Å²) in [5.74, 6) is -1.67. The summed E-state index contributed by atoms with van der Waals surface area (Å²) in [4.78, 5) is 22.9. The summed E-state index contributed by atoms with van der Waals surface area (Å²) >= 11 is 0. The zero-order valence-corrected chi connectivity index (χ0v) is 10.9. The number of aliphatic carboxylic acids is 1. The van der Waals surface area contributed by atoms with Crippen LogP contribution in [0, 0.1) is 17.2 Å². The van der Waals surface area contributed by atoms with Gasteiger partial charge in [0.2, 0.25) is 0 Å². The Morgan fingerprint density at radius 1 is 1.32 bits per heavy atom. The van der Waals surface area contributed by atoms with E-state index in [0.717, 1.165) is 5.56 Å². The molecule has 0 saturated carbocycles. The van der Waals surface area contributed by atoms with Crippen molar-refractivity contribution in [3.05, 3.63) is 35.4 Å². The number of benzene rings is 1. The van der Waals surface area contributed by atoms with Crippen molar-refractivity contribution in [3.63, 3.8) is 0 Å². The van der Waals surface area contributed by atoms with Gasteiger partial charge in [-0.1, -0.05) is 26.0 Å². The van der Waals surface area contributed by atoms with E-state index in [-0.39, 0.29) is 12.3 Å². The molecular weight excluding hydrogens is 244 g/mol. The minimum atomic E-state index is -1.05. The molecule has 0 radical (unpaired) electrons.